The molecule has 10 nitrogen and oxygen atoms in total. The zero-order valence-electron chi connectivity index (χ0n) is 19.2. The highest BCUT2D eigenvalue weighted by Crippen LogP contribution is 2.35. The lowest BCUT2D eigenvalue weighted by Crippen LogP contribution is -2.50. The molecule has 0 bridgehead atoms. The smallest absolute Gasteiger partial charge is 0.257 e. The van der Waals surface area contributed by atoms with Gasteiger partial charge in [0.15, 0.2) is 5.65 Å². The maximum Gasteiger partial charge on any atom is 0.257 e. The van der Waals surface area contributed by atoms with Crippen molar-refractivity contribution in [2.75, 3.05) is 25.6 Å². The summed E-state index contributed by atoms with van der Waals surface area (Å²) in [5.41, 5.74) is 2.66. The third kappa shape index (κ3) is 3.71. The number of hydrogen-bond donors (Lipinski definition) is 3. The number of nitrogens with one attached hydrogen (secondary N) is 2. The Labute approximate surface area is 200 Å². The molecule has 2 aliphatic rings. The largest absolute Gasteiger partial charge is 0.391 e. The number of amides is 1. The van der Waals surface area contributed by atoms with Crippen LogP contribution in [0.15, 0.2) is 30.7 Å². The molecule has 1 amide bonds. The van der Waals surface area contributed by atoms with E-state index in [-0.39, 0.29) is 18.0 Å². The molecule has 3 N–H and O–H groups in total. The number of rotatable bonds is 5. The van der Waals surface area contributed by atoms with Crippen LogP contribution >= 0.6 is 0 Å². The standard InChI is InChI=1S/C24H26FN7O3/c1-26-21-9-19(29-23-16(11-28-32(21)23)24(34)30-18-2-3-20(18)33)17-12-31(14-4-6-35-7-5-14)22-15(17)8-13(25)10-27-22/h8-12,14,18,20,26,33H,2-7H2,1H3,(H,30,34)/t18?,20-/m1/s1. The lowest BCUT2D eigenvalue weighted by Gasteiger charge is -2.32. The van der Waals surface area contributed by atoms with Crippen LogP contribution in [0.25, 0.3) is 27.9 Å². The molecule has 1 saturated heterocycles. The number of carbonyl (C=O) groups excluding carboxylic acids is 1. The molecule has 0 aromatic carbocycles. The first-order chi connectivity index (χ1) is 17.0. The molecule has 182 valence electrons. The predicted octanol–water partition coefficient (Wildman–Crippen LogP) is 2.53. The van der Waals surface area contributed by atoms with E-state index in [9.17, 15) is 14.3 Å². The molecule has 1 saturated carbocycles. The summed E-state index contributed by atoms with van der Waals surface area (Å²) in [5, 5.41) is 20.8. The monoisotopic (exact) mass is 479 g/mol. The fraction of sp³-hybridized carbons (Fsp3) is 0.417. The molecule has 0 radical (unpaired) electrons. The van der Waals surface area contributed by atoms with Crippen molar-refractivity contribution in [3.63, 3.8) is 0 Å². The van der Waals surface area contributed by atoms with Gasteiger partial charge in [0.1, 0.15) is 22.8 Å². The number of fused-ring (bicyclic) bond motifs is 2. The number of nitrogens with zero attached hydrogens (tertiary/aromatic N) is 5. The van der Waals surface area contributed by atoms with Crippen LogP contribution in [-0.4, -0.2) is 67.6 Å². The first-order valence-electron chi connectivity index (χ1n) is 11.8. The molecular weight excluding hydrogens is 453 g/mol. The second-order valence-electron chi connectivity index (χ2n) is 9.11. The van der Waals surface area contributed by atoms with Crippen LogP contribution in [0, 0.1) is 5.82 Å². The van der Waals surface area contributed by atoms with Crippen LogP contribution < -0.4 is 10.6 Å². The van der Waals surface area contributed by atoms with E-state index in [4.69, 9.17) is 9.72 Å². The Morgan fingerprint density at radius 2 is 2.00 bits per heavy atom. The van der Waals surface area contributed by atoms with Crippen molar-refractivity contribution >= 4 is 28.4 Å². The molecule has 2 fully saturated rings. The van der Waals surface area contributed by atoms with E-state index in [1.54, 1.807) is 11.6 Å². The summed E-state index contributed by atoms with van der Waals surface area (Å²) in [4.78, 5) is 22.2. The second-order valence-corrected chi connectivity index (χ2v) is 9.11. The molecule has 4 aromatic heterocycles. The van der Waals surface area contributed by atoms with Crippen molar-refractivity contribution in [1.82, 2.24) is 29.5 Å². The van der Waals surface area contributed by atoms with Crippen molar-refractivity contribution < 1.29 is 19.0 Å². The Balaban J connectivity index is 1.48. The van der Waals surface area contributed by atoms with Crippen LogP contribution in [-0.2, 0) is 4.74 Å². The van der Waals surface area contributed by atoms with Gasteiger partial charge >= 0.3 is 0 Å². The molecule has 5 heterocycles. The SMILES string of the molecule is CNc1cc(-c2cn(C3CCOCC3)c3ncc(F)cc23)nc2c(C(=O)NC3CC[C@H]3O)cnn12. The number of hydrogen-bond acceptors (Lipinski definition) is 7. The summed E-state index contributed by atoms with van der Waals surface area (Å²) in [6, 6.07) is 3.22. The van der Waals surface area contributed by atoms with Crippen molar-refractivity contribution in [2.45, 2.75) is 43.9 Å². The van der Waals surface area contributed by atoms with Gasteiger partial charge in [-0.05, 0) is 31.7 Å². The average Bonchev–Trinajstić information content (AvgIpc) is 3.47. The van der Waals surface area contributed by atoms with E-state index in [1.807, 2.05) is 12.3 Å². The number of aromatic nitrogens is 5. The van der Waals surface area contributed by atoms with E-state index in [0.29, 0.717) is 53.4 Å². The van der Waals surface area contributed by atoms with Crippen molar-refractivity contribution in [3.8, 4) is 11.3 Å². The Bertz CT molecular complexity index is 1430. The van der Waals surface area contributed by atoms with E-state index in [0.717, 1.165) is 24.8 Å². The summed E-state index contributed by atoms with van der Waals surface area (Å²) in [6.07, 6.45) is 7.23. The molecule has 6 rings (SSSR count). The number of pyridine rings is 1. The molecule has 2 atom stereocenters. The van der Waals surface area contributed by atoms with Crippen molar-refractivity contribution in [1.29, 1.82) is 0 Å². The van der Waals surface area contributed by atoms with Gasteiger partial charge in [0.2, 0.25) is 0 Å². The third-order valence-electron chi connectivity index (χ3n) is 7.02. The van der Waals surface area contributed by atoms with Crippen molar-refractivity contribution in [2.24, 2.45) is 0 Å². The van der Waals surface area contributed by atoms with E-state index < -0.39 is 11.9 Å². The van der Waals surface area contributed by atoms with Gasteiger partial charge in [-0.25, -0.2) is 14.4 Å². The maximum absolute atomic E-state index is 14.3. The fourth-order valence-corrected chi connectivity index (χ4v) is 4.89. The number of aliphatic hydroxyl groups excluding tert-OH is 1. The van der Waals surface area contributed by atoms with Crippen LogP contribution in [0.3, 0.4) is 0 Å². The zero-order valence-corrected chi connectivity index (χ0v) is 19.2. The first-order valence-corrected chi connectivity index (χ1v) is 11.8. The maximum atomic E-state index is 14.3. The lowest BCUT2D eigenvalue weighted by atomic mass is 9.89. The van der Waals surface area contributed by atoms with Gasteiger partial charge in [0.25, 0.3) is 5.91 Å². The summed E-state index contributed by atoms with van der Waals surface area (Å²) in [7, 11) is 1.76. The Hall–Kier alpha value is -3.57. The van der Waals surface area contributed by atoms with Gasteiger partial charge in [0.05, 0.1) is 30.2 Å². The average molecular weight is 480 g/mol. The minimum atomic E-state index is -0.532. The highest BCUT2D eigenvalue weighted by Gasteiger charge is 2.31. The van der Waals surface area contributed by atoms with Gasteiger partial charge in [-0.15, -0.1) is 0 Å². The number of anilines is 1. The molecule has 0 spiro atoms. The first kappa shape index (κ1) is 21.9. The predicted molar refractivity (Wildman–Crippen MR) is 127 cm³/mol. The Morgan fingerprint density at radius 1 is 1.17 bits per heavy atom. The van der Waals surface area contributed by atoms with Gasteiger partial charge in [-0.3, -0.25) is 4.79 Å². The highest BCUT2D eigenvalue weighted by molar-refractivity contribution is 6.01. The van der Waals surface area contributed by atoms with Gasteiger partial charge in [0, 0.05) is 49.5 Å². The van der Waals surface area contributed by atoms with Crippen LogP contribution in [0.5, 0.6) is 0 Å². The summed E-state index contributed by atoms with van der Waals surface area (Å²) in [5.74, 6) is -0.140. The molecule has 1 unspecified atom stereocenters. The van der Waals surface area contributed by atoms with E-state index in [2.05, 4.69) is 25.3 Å². The number of aliphatic hydroxyl groups is 1. The lowest BCUT2D eigenvalue weighted by molar-refractivity contribution is 0.0448. The number of ether oxygens (including phenoxy) is 1. The van der Waals surface area contributed by atoms with Crippen molar-refractivity contribution in [3.05, 3.63) is 42.1 Å². The van der Waals surface area contributed by atoms with Gasteiger partial charge in [-0.1, -0.05) is 0 Å². The summed E-state index contributed by atoms with van der Waals surface area (Å²) >= 11 is 0. The van der Waals surface area contributed by atoms with Gasteiger partial charge < -0.3 is 25.0 Å². The van der Waals surface area contributed by atoms with Gasteiger partial charge in [-0.2, -0.15) is 9.61 Å². The Morgan fingerprint density at radius 3 is 2.71 bits per heavy atom. The van der Waals surface area contributed by atoms with Crippen LogP contribution in [0.1, 0.15) is 42.1 Å². The number of halogens is 1. The summed E-state index contributed by atoms with van der Waals surface area (Å²) < 4.78 is 23.4. The molecular formula is C24H26FN7O3. The molecule has 11 heteroatoms. The molecule has 1 aliphatic carbocycles. The van der Waals surface area contributed by atoms with Crippen LogP contribution in [0.4, 0.5) is 10.2 Å². The third-order valence-corrected chi connectivity index (χ3v) is 7.02. The minimum Gasteiger partial charge on any atom is -0.391 e. The minimum absolute atomic E-state index is 0.190. The van der Waals surface area contributed by atoms with E-state index >= 15 is 0 Å². The Kier molecular flexibility index (Phi) is 5.37. The second kappa shape index (κ2) is 8.58. The van der Waals surface area contributed by atoms with E-state index in [1.165, 1.54) is 18.5 Å². The topological polar surface area (TPSA) is 119 Å². The zero-order chi connectivity index (χ0) is 24.1. The molecule has 4 aromatic rings. The summed E-state index contributed by atoms with van der Waals surface area (Å²) in [6.45, 7) is 1.33. The quantitative estimate of drug-likeness (QED) is 0.403. The molecule has 35 heavy (non-hydrogen) atoms. The van der Waals surface area contributed by atoms with Crippen LogP contribution in [0.2, 0.25) is 0 Å². The fourth-order valence-electron chi connectivity index (χ4n) is 4.89. The normalized spacial score (nSPS) is 20.8. The number of carbonyl (C=O) groups is 1. The molecule has 1 aliphatic heterocycles. The highest BCUT2D eigenvalue weighted by atomic mass is 19.1.